The zero-order valence-corrected chi connectivity index (χ0v) is 23.2. The molecule has 0 bridgehead atoms. The molecule has 0 heterocycles. The van der Waals surface area contributed by atoms with Crippen molar-refractivity contribution in [2.24, 2.45) is 0 Å². The Labute approximate surface area is 230 Å². The smallest absolute Gasteiger partial charge is 0.307 e. The largest absolute Gasteiger partial charge is 0.481 e. The van der Waals surface area contributed by atoms with Crippen molar-refractivity contribution < 1.29 is 31.5 Å². The Bertz CT molecular complexity index is 1570. The van der Waals surface area contributed by atoms with Crippen LogP contribution < -0.4 is 10.0 Å². The molecule has 0 unspecified atom stereocenters. The van der Waals surface area contributed by atoms with Crippen LogP contribution in [0.4, 0.5) is 5.69 Å². The molecule has 38 heavy (non-hydrogen) atoms. The maximum atomic E-state index is 13.5. The molecule has 0 fully saturated rings. The number of carboxylic acid groups (broad SMARTS) is 1. The van der Waals surface area contributed by atoms with Gasteiger partial charge in [-0.2, -0.15) is 0 Å². The van der Waals surface area contributed by atoms with Crippen LogP contribution in [0, 0.1) is 0 Å². The fourth-order valence-corrected chi connectivity index (χ4v) is 6.75. The molecule has 3 rings (SSSR count). The SMILES string of the molecule is CCCCNC(=O)c1ccc(S(=O)(=O)c2ccc(CC(=O)O)cc2)c(NS(=O)(=O)c2ccc(Cl)cc2Cl)c1. The predicted molar refractivity (Wildman–Crippen MR) is 144 cm³/mol. The zero-order valence-electron chi connectivity index (χ0n) is 20.1. The molecule has 0 radical (unpaired) electrons. The van der Waals surface area contributed by atoms with E-state index in [-0.39, 0.29) is 37.5 Å². The molecule has 0 spiro atoms. The molecule has 3 aromatic rings. The highest BCUT2D eigenvalue weighted by molar-refractivity contribution is 7.93. The molecule has 0 aromatic heterocycles. The van der Waals surface area contributed by atoms with E-state index in [1.165, 1.54) is 48.5 Å². The van der Waals surface area contributed by atoms with Gasteiger partial charge in [0.2, 0.25) is 9.84 Å². The van der Waals surface area contributed by atoms with Gasteiger partial charge in [-0.05, 0) is 60.5 Å². The van der Waals surface area contributed by atoms with Crippen molar-refractivity contribution in [3.63, 3.8) is 0 Å². The molecule has 3 N–H and O–H groups in total. The summed E-state index contributed by atoms with van der Waals surface area (Å²) in [6.45, 7) is 2.34. The molecule has 9 nitrogen and oxygen atoms in total. The van der Waals surface area contributed by atoms with Crippen molar-refractivity contribution in [2.45, 2.75) is 40.9 Å². The number of sulfonamides is 1. The number of rotatable bonds is 11. The average Bonchev–Trinajstić information content (AvgIpc) is 2.83. The molecule has 13 heteroatoms. The Kier molecular flexibility index (Phi) is 9.42. The monoisotopic (exact) mass is 598 g/mol. The number of carbonyl (C=O) groups is 2. The van der Waals surface area contributed by atoms with Crippen LogP contribution in [0.15, 0.2) is 75.4 Å². The summed E-state index contributed by atoms with van der Waals surface area (Å²) < 4.78 is 55.7. The fourth-order valence-electron chi connectivity index (χ4n) is 3.45. The average molecular weight is 600 g/mol. The number of carboxylic acids is 1. The second kappa shape index (κ2) is 12.2. The number of anilines is 1. The third kappa shape index (κ3) is 7.04. The molecule has 0 saturated heterocycles. The lowest BCUT2D eigenvalue weighted by Crippen LogP contribution is -2.25. The van der Waals surface area contributed by atoms with Crippen LogP contribution >= 0.6 is 23.2 Å². The molecular formula is C25H24Cl2N2O7S2. The number of benzene rings is 3. The topological polar surface area (TPSA) is 147 Å². The van der Waals surface area contributed by atoms with Crippen LogP contribution in [-0.2, 0) is 31.1 Å². The summed E-state index contributed by atoms with van der Waals surface area (Å²) in [7, 11) is -8.72. The lowest BCUT2D eigenvalue weighted by molar-refractivity contribution is -0.136. The minimum absolute atomic E-state index is 0.0387. The summed E-state index contributed by atoms with van der Waals surface area (Å²) in [6, 6.07) is 12.4. The fraction of sp³-hybridized carbons (Fsp3) is 0.200. The maximum Gasteiger partial charge on any atom is 0.307 e. The normalized spacial score (nSPS) is 11.7. The second-order valence-electron chi connectivity index (χ2n) is 8.22. The molecular weight excluding hydrogens is 575 g/mol. The van der Waals surface area contributed by atoms with Crippen LogP contribution in [0.5, 0.6) is 0 Å². The van der Waals surface area contributed by atoms with Crippen molar-refractivity contribution in [3.8, 4) is 0 Å². The van der Waals surface area contributed by atoms with E-state index in [0.29, 0.717) is 12.1 Å². The quantitative estimate of drug-likeness (QED) is 0.269. The van der Waals surface area contributed by atoms with Gasteiger partial charge in [-0.15, -0.1) is 0 Å². The molecule has 0 saturated carbocycles. The number of carbonyl (C=O) groups excluding carboxylic acids is 1. The Balaban J connectivity index is 2.09. The van der Waals surface area contributed by atoms with E-state index in [0.717, 1.165) is 25.0 Å². The third-order valence-electron chi connectivity index (χ3n) is 5.36. The van der Waals surface area contributed by atoms with Crippen molar-refractivity contribution in [3.05, 3.63) is 81.8 Å². The van der Waals surface area contributed by atoms with Crippen molar-refractivity contribution in [1.82, 2.24) is 5.32 Å². The Morgan fingerprint density at radius 1 is 0.895 bits per heavy atom. The Hall–Kier alpha value is -3.12. The van der Waals surface area contributed by atoms with Gasteiger partial charge < -0.3 is 10.4 Å². The number of sulfone groups is 1. The number of halogens is 2. The molecule has 0 atom stereocenters. The molecule has 0 aliphatic heterocycles. The molecule has 202 valence electrons. The van der Waals surface area contributed by atoms with E-state index in [9.17, 15) is 26.4 Å². The van der Waals surface area contributed by atoms with Gasteiger partial charge in [-0.3, -0.25) is 14.3 Å². The third-order valence-corrected chi connectivity index (χ3v) is 9.28. The van der Waals surface area contributed by atoms with Crippen molar-refractivity contribution >= 4 is 60.6 Å². The number of aliphatic carboxylic acids is 1. The van der Waals surface area contributed by atoms with Crippen LogP contribution in [0.25, 0.3) is 0 Å². The van der Waals surface area contributed by atoms with Crippen LogP contribution in [0.3, 0.4) is 0 Å². The standard InChI is InChI=1S/C25H24Cl2N2O7S2/c1-2-3-12-28-25(32)17-6-10-23(37(33,34)19-8-4-16(5-9-19)13-24(30)31)21(14-17)29-38(35,36)22-11-7-18(26)15-20(22)27/h4-11,14-15,29H,2-3,12-13H2,1H3,(H,28,32)(H,30,31). The van der Waals surface area contributed by atoms with E-state index in [4.69, 9.17) is 28.3 Å². The van der Waals surface area contributed by atoms with Gasteiger partial charge in [-0.25, -0.2) is 16.8 Å². The summed E-state index contributed by atoms with van der Waals surface area (Å²) in [4.78, 5) is 22.6. The Morgan fingerprint density at radius 2 is 1.55 bits per heavy atom. The first-order chi connectivity index (χ1) is 17.8. The summed E-state index contributed by atoms with van der Waals surface area (Å²) >= 11 is 12.0. The molecule has 3 aromatic carbocycles. The Morgan fingerprint density at radius 3 is 2.16 bits per heavy atom. The zero-order chi connectivity index (χ0) is 28.1. The number of nitrogens with one attached hydrogen (secondary N) is 2. The second-order valence-corrected chi connectivity index (χ2v) is 12.6. The van der Waals surface area contributed by atoms with E-state index < -0.39 is 36.6 Å². The van der Waals surface area contributed by atoms with Crippen LogP contribution in [-0.4, -0.2) is 40.4 Å². The molecule has 0 aliphatic rings. The lowest BCUT2D eigenvalue weighted by atomic mass is 10.2. The molecule has 1 amide bonds. The first-order valence-electron chi connectivity index (χ1n) is 11.3. The lowest BCUT2D eigenvalue weighted by Gasteiger charge is -2.16. The highest BCUT2D eigenvalue weighted by Crippen LogP contribution is 2.32. The van der Waals surface area contributed by atoms with Gasteiger partial charge in [0.05, 0.1) is 26.9 Å². The summed E-state index contributed by atoms with van der Waals surface area (Å²) in [5.74, 6) is -1.59. The van der Waals surface area contributed by atoms with Gasteiger partial charge in [0.15, 0.2) is 0 Å². The first-order valence-corrected chi connectivity index (χ1v) is 15.0. The highest BCUT2D eigenvalue weighted by atomic mass is 35.5. The minimum Gasteiger partial charge on any atom is -0.481 e. The van der Waals surface area contributed by atoms with Gasteiger partial charge in [0, 0.05) is 17.1 Å². The van der Waals surface area contributed by atoms with Gasteiger partial charge in [-0.1, -0.05) is 48.7 Å². The molecule has 0 aliphatic carbocycles. The van der Waals surface area contributed by atoms with Crippen LogP contribution in [0.2, 0.25) is 10.0 Å². The summed E-state index contributed by atoms with van der Waals surface area (Å²) in [6.07, 6.45) is 1.27. The van der Waals surface area contributed by atoms with Crippen molar-refractivity contribution in [2.75, 3.05) is 11.3 Å². The van der Waals surface area contributed by atoms with Gasteiger partial charge in [0.25, 0.3) is 15.9 Å². The van der Waals surface area contributed by atoms with Crippen LogP contribution in [0.1, 0.15) is 35.7 Å². The van der Waals surface area contributed by atoms with E-state index in [1.807, 2.05) is 6.92 Å². The van der Waals surface area contributed by atoms with Crippen molar-refractivity contribution in [1.29, 1.82) is 0 Å². The first kappa shape index (κ1) is 29.4. The maximum absolute atomic E-state index is 13.5. The number of amides is 1. The van der Waals surface area contributed by atoms with E-state index in [1.54, 1.807) is 0 Å². The minimum atomic E-state index is -4.41. The highest BCUT2D eigenvalue weighted by Gasteiger charge is 2.27. The summed E-state index contributed by atoms with van der Waals surface area (Å²) in [5, 5.41) is 11.7. The predicted octanol–water partition coefficient (Wildman–Crippen LogP) is 4.78. The van der Waals surface area contributed by atoms with Gasteiger partial charge in [0.1, 0.15) is 4.90 Å². The number of hydrogen-bond donors (Lipinski definition) is 3. The van der Waals surface area contributed by atoms with Gasteiger partial charge >= 0.3 is 5.97 Å². The van der Waals surface area contributed by atoms with E-state index in [2.05, 4.69) is 10.0 Å². The number of hydrogen-bond acceptors (Lipinski definition) is 6. The van der Waals surface area contributed by atoms with E-state index >= 15 is 0 Å². The number of unbranched alkanes of at least 4 members (excludes halogenated alkanes) is 1. The summed E-state index contributed by atoms with van der Waals surface area (Å²) in [5.41, 5.74) is 0.0550.